The third-order valence-electron chi connectivity index (χ3n) is 3.26. The number of rotatable bonds is 6. The van der Waals surface area contributed by atoms with Gasteiger partial charge in [0.1, 0.15) is 0 Å². The Balaban J connectivity index is 2.25. The highest BCUT2D eigenvalue weighted by molar-refractivity contribution is 6.26. The van der Waals surface area contributed by atoms with Crippen LogP contribution in [-0.2, 0) is 9.59 Å². The van der Waals surface area contributed by atoms with Gasteiger partial charge in [0.05, 0.1) is 18.4 Å². The molecule has 0 spiro atoms. The number of allylic oxidation sites excluding steroid dienone is 2. The summed E-state index contributed by atoms with van der Waals surface area (Å²) in [4.78, 5) is 28.1. The van der Waals surface area contributed by atoms with Crippen LogP contribution in [0.5, 0.6) is 11.5 Å². The molecule has 24 heavy (non-hydrogen) atoms. The highest BCUT2D eigenvalue weighted by Gasteiger charge is 2.12. The molecule has 5 nitrogen and oxygen atoms in total. The van der Waals surface area contributed by atoms with E-state index in [-0.39, 0.29) is 17.1 Å². The lowest BCUT2D eigenvalue weighted by Gasteiger charge is -2.04. The number of nitrogens with zero attached hydrogens (tertiary/aromatic N) is 1. The molecule has 1 aromatic heterocycles. The number of pyridine rings is 1. The van der Waals surface area contributed by atoms with Gasteiger partial charge in [0, 0.05) is 6.20 Å². The fourth-order valence-corrected chi connectivity index (χ4v) is 2.02. The van der Waals surface area contributed by atoms with Crippen molar-refractivity contribution in [2.45, 2.75) is 6.92 Å². The molecule has 1 aromatic carbocycles. The molecular formula is C19H17NO4. The maximum absolute atomic E-state index is 12.3. The summed E-state index contributed by atoms with van der Waals surface area (Å²) in [6.07, 6.45) is 5.92. The molecule has 0 bridgehead atoms. The van der Waals surface area contributed by atoms with E-state index in [9.17, 15) is 14.7 Å². The molecule has 0 aliphatic heterocycles. The van der Waals surface area contributed by atoms with E-state index >= 15 is 0 Å². The van der Waals surface area contributed by atoms with Crippen molar-refractivity contribution in [3.05, 3.63) is 65.5 Å². The van der Waals surface area contributed by atoms with Crippen LogP contribution in [-0.4, -0.2) is 28.8 Å². The number of Topliss-reactive ketones (excluding diaryl/α,β-unsaturated/α-hetero) is 1. The summed E-state index contributed by atoms with van der Waals surface area (Å²) in [6, 6.07) is 9.94. The number of carbonyl (C=O) groups excluding carboxylic acids is 2. The van der Waals surface area contributed by atoms with E-state index in [1.54, 1.807) is 42.6 Å². The molecule has 0 amide bonds. The molecule has 0 aliphatic rings. The number of ether oxygens (including phenoxy) is 1. The number of phenolic OH excluding ortho intramolecular Hbond substituents is 1. The molecule has 0 saturated carbocycles. The molecule has 0 unspecified atom stereocenters. The average molecular weight is 323 g/mol. The monoisotopic (exact) mass is 323 g/mol. The maximum Gasteiger partial charge on any atom is 0.189 e. The van der Waals surface area contributed by atoms with Crippen LogP contribution >= 0.6 is 0 Å². The van der Waals surface area contributed by atoms with Gasteiger partial charge in [0.15, 0.2) is 23.1 Å². The summed E-state index contributed by atoms with van der Waals surface area (Å²) < 4.78 is 5.01. The lowest BCUT2D eigenvalue weighted by Crippen LogP contribution is -2.07. The first-order valence-corrected chi connectivity index (χ1v) is 7.24. The van der Waals surface area contributed by atoms with Crippen LogP contribution in [0.25, 0.3) is 12.2 Å². The molecule has 2 aromatic rings. The Morgan fingerprint density at radius 2 is 2.00 bits per heavy atom. The lowest BCUT2D eigenvalue weighted by molar-refractivity contribution is -0.118. The predicted octanol–water partition coefficient (Wildman–Crippen LogP) is 3.05. The highest BCUT2D eigenvalue weighted by Crippen LogP contribution is 2.26. The van der Waals surface area contributed by atoms with Gasteiger partial charge in [-0.3, -0.25) is 14.6 Å². The number of hydrogen-bond donors (Lipinski definition) is 1. The van der Waals surface area contributed by atoms with Gasteiger partial charge in [-0.2, -0.15) is 0 Å². The number of aromatic hydroxyl groups is 1. The van der Waals surface area contributed by atoms with E-state index in [0.717, 1.165) is 0 Å². The van der Waals surface area contributed by atoms with Crippen molar-refractivity contribution in [1.82, 2.24) is 4.98 Å². The number of carbonyl (C=O) groups is 2. The number of hydrogen-bond acceptors (Lipinski definition) is 5. The van der Waals surface area contributed by atoms with Gasteiger partial charge in [-0.05, 0) is 48.9 Å². The molecule has 0 saturated heterocycles. The third kappa shape index (κ3) is 4.39. The molecule has 0 radical (unpaired) electrons. The Kier molecular flexibility index (Phi) is 5.63. The van der Waals surface area contributed by atoms with Crippen LogP contribution < -0.4 is 4.74 Å². The van der Waals surface area contributed by atoms with E-state index in [1.165, 1.54) is 32.3 Å². The van der Waals surface area contributed by atoms with Gasteiger partial charge >= 0.3 is 0 Å². The Morgan fingerprint density at radius 3 is 2.62 bits per heavy atom. The van der Waals surface area contributed by atoms with Crippen LogP contribution in [0.2, 0.25) is 0 Å². The second kappa shape index (κ2) is 7.87. The molecule has 5 heteroatoms. The first-order valence-electron chi connectivity index (χ1n) is 7.24. The van der Waals surface area contributed by atoms with E-state index in [1.807, 2.05) is 0 Å². The van der Waals surface area contributed by atoms with Crippen molar-refractivity contribution < 1.29 is 19.4 Å². The van der Waals surface area contributed by atoms with Crippen LogP contribution in [0.4, 0.5) is 0 Å². The first-order chi connectivity index (χ1) is 11.5. The molecular weight excluding hydrogens is 306 g/mol. The van der Waals surface area contributed by atoms with Crippen molar-refractivity contribution in [2.24, 2.45) is 0 Å². The van der Waals surface area contributed by atoms with Crippen molar-refractivity contribution in [1.29, 1.82) is 0 Å². The van der Waals surface area contributed by atoms with Gasteiger partial charge < -0.3 is 9.84 Å². The molecule has 122 valence electrons. The predicted molar refractivity (Wildman–Crippen MR) is 91.6 cm³/mol. The second-order valence-electron chi connectivity index (χ2n) is 5.00. The van der Waals surface area contributed by atoms with E-state index in [2.05, 4.69) is 4.98 Å². The van der Waals surface area contributed by atoms with Gasteiger partial charge in [-0.25, -0.2) is 0 Å². The van der Waals surface area contributed by atoms with Gasteiger partial charge in [0.25, 0.3) is 0 Å². The van der Waals surface area contributed by atoms with Crippen molar-refractivity contribution in [3.63, 3.8) is 0 Å². The van der Waals surface area contributed by atoms with Gasteiger partial charge in [-0.15, -0.1) is 0 Å². The zero-order valence-electron chi connectivity index (χ0n) is 13.4. The summed E-state index contributed by atoms with van der Waals surface area (Å²) in [7, 11) is 1.44. The van der Waals surface area contributed by atoms with Crippen LogP contribution in [0, 0.1) is 0 Å². The van der Waals surface area contributed by atoms with Crippen molar-refractivity contribution in [3.8, 4) is 11.5 Å². The molecule has 2 rings (SSSR count). The van der Waals surface area contributed by atoms with Crippen LogP contribution in [0.3, 0.4) is 0 Å². The maximum atomic E-state index is 12.3. The Labute approximate surface area is 139 Å². The summed E-state index contributed by atoms with van der Waals surface area (Å²) in [5, 5.41) is 9.56. The minimum absolute atomic E-state index is 0.0143. The normalized spacial score (nSPS) is 11.5. The summed E-state index contributed by atoms with van der Waals surface area (Å²) in [6.45, 7) is 1.34. The first kappa shape index (κ1) is 17.1. The molecule has 0 fully saturated rings. The Morgan fingerprint density at radius 1 is 1.21 bits per heavy atom. The minimum atomic E-state index is -0.416. The van der Waals surface area contributed by atoms with Crippen LogP contribution in [0.1, 0.15) is 18.2 Å². The third-order valence-corrected chi connectivity index (χ3v) is 3.26. The summed E-state index contributed by atoms with van der Waals surface area (Å²) >= 11 is 0. The number of methoxy groups -OCH3 is 1. The smallest absolute Gasteiger partial charge is 0.189 e. The minimum Gasteiger partial charge on any atom is -0.504 e. The van der Waals surface area contributed by atoms with E-state index < -0.39 is 5.78 Å². The van der Waals surface area contributed by atoms with Gasteiger partial charge in [-0.1, -0.05) is 18.2 Å². The van der Waals surface area contributed by atoms with Crippen molar-refractivity contribution in [2.75, 3.05) is 7.11 Å². The lowest BCUT2D eigenvalue weighted by atomic mass is 10.0. The summed E-state index contributed by atoms with van der Waals surface area (Å²) in [5.74, 6) is -0.431. The molecule has 1 heterocycles. The average Bonchev–Trinajstić information content (AvgIpc) is 2.59. The van der Waals surface area contributed by atoms with E-state index in [0.29, 0.717) is 17.0 Å². The number of phenols is 1. The van der Waals surface area contributed by atoms with Crippen molar-refractivity contribution >= 4 is 23.7 Å². The zero-order valence-corrected chi connectivity index (χ0v) is 13.4. The van der Waals surface area contributed by atoms with Crippen LogP contribution in [0.15, 0.2) is 54.2 Å². The number of ketones is 2. The standard InChI is InChI=1S/C19H17NO4/c1-13(21)16(12-15-5-3-4-10-20-15)17(22)8-6-14-7-9-18(23)19(11-14)24-2/h3-12,23H,1-2H3. The fourth-order valence-electron chi connectivity index (χ4n) is 2.02. The zero-order chi connectivity index (χ0) is 17.5. The highest BCUT2D eigenvalue weighted by atomic mass is 16.5. The Bertz CT molecular complexity index is 807. The fraction of sp³-hybridized carbons (Fsp3) is 0.105. The molecule has 0 atom stereocenters. The SMILES string of the molecule is COc1cc(C=CC(=O)C(=Cc2ccccn2)C(C)=O)ccc1O. The topological polar surface area (TPSA) is 76.5 Å². The van der Waals surface area contributed by atoms with E-state index in [4.69, 9.17) is 4.74 Å². The second-order valence-corrected chi connectivity index (χ2v) is 5.00. The Hall–Kier alpha value is -3.21. The quantitative estimate of drug-likeness (QED) is 0.502. The number of aromatic nitrogens is 1. The number of benzene rings is 1. The summed E-state index contributed by atoms with van der Waals surface area (Å²) in [5.41, 5.74) is 1.25. The van der Waals surface area contributed by atoms with Gasteiger partial charge in [0.2, 0.25) is 0 Å². The molecule has 1 N–H and O–H groups in total. The largest absolute Gasteiger partial charge is 0.504 e. The molecule has 0 aliphatic carbocycles.